The van der Waals surface area contributed by atoms with Gasteiger partial charge in [-0.05, 0) is 30.7 Å². The van der Waals surface area contributed by atoms with Gasteiger partial charge in [0, 0.05) is 11.5 Å². The van der Waals surface area contributed by atoms with E-state index in [1.807, 2.05) is 6.07 Å². The second kappa shape index (κ2) is 6.46. The summed E-state index contributed by atoms with van der Waals surface area (Å²) in [4.78, 5) is 0. The Morgan fingerprint density at radius 2 is 1.89 bits per heavy atom. The fourth-order valence-corrected chi connectivity index (χ4v) is 3.03. The van der Waals surface area contributed by atoms with Crippen LogP contribution in [0.3, 0.4) is 0 Å². The first-order valence-electron chi connectivity index (χ1n) is 6.73. The highest BCUT2D eigenvalue weighted by Crippen LogP contribution is 2.36. The maximum absolute atomic E-state index is 13.1. The Kier molecular flexibility index (Phi) is 4.93. The molecule has 1 aliphatic rings. The number of thiol groups is 1. The molecule has 0 saturated heterocycles. The molecule has 3 heteroatoms. The van der Waals surface area contributed by atoms with E-state index in [9.17, 15) is 4.39 Å². The van der Waals surface area contributed by atoms with E-state index in [-0.39, 0.29) is 11.2 Å². The van der Waals surface area contributed by atoms with Crippen molar-refractivity contribution < 1.29 is 9.13 Å². The molecule has 0 spiro atoms. The molecule has 0 aromatic heterocycles. The zero-order valence-corrected chi connectivity index (χ0v) is 11.6. The minimum atomic E-state index is -0.242. The van der Waals surface area contributed by atoms with E-state index in [0.717, 1.165) is 5.75 Å². The number of halogens is 1. The predicted molar refractivity (Wildman–Crippen MR) is 75.9 cm³/mol. The van der Waals surface area contributed by atoms with Gasteiger partial charge in [-0.2, -0.15) is 12.6 Å². The van der Waals surface area contributed by atoms with Gasteiger partial charge in [0.05, 0.1) is 6.61 Å². The van der Waals surface area contributed by atoms with Gasteiger partial charge in [0.15, 0.2) is 0 Å². The molecule has 0 heterocycles. The zero-order chi connectivity index (χ0) is 12.8. The van der Waals surface area contributed by atoms with E-state index in [1.165, 1.54) is 50.7 Å². The molecule has 1 aromatic rings. The fraction of sp³-hybridized carbons (Fsp3) is 0.600. The minimum Gasteiger partial charge on any atom is -0.493 e. The molecule has 18 heavy (non-hydrogen) atoms. The lowest BCUT2D eigenvalue weighted by Gasteiger charge is -2.30. The molecule has 2 rings (SSSR count). The van der Waals surface area contributed by atoms with Crippen molar-refractivity contribution in [3.05, 3.63) is 30.1 Å². The highest BCUT2D eigenvalue weighted by atomic mass is 32.1. The summed E-state index contributed by atoms with van der Waals surface area (Å²) in [5.41, 5.74) is 0.173. The van der Waals surface area contributed by atoms with Crippen LogP contribution in [0.2, 0.25) is 0 Å². The predicted octanol–water partition coefficient (Wildman–Crippen LogP) is 4.47. The number of rotatable bonds is 4. The average Bonchev–Trinajstić information content (AvgIpc) is 2.63. The van der Waals surface area contributed by atoms with Crippen LogP contribution in [0.15, 0.2) is 24.3 Å². The van der Waals surface area contributed by atoms with Crippen molar-refractivity contribution in [2.75, 3.05) is 12.4 Å². The Labute approximate surface area is 114 Å². The molecule has 100 valence electrons. The molecule has 0 amide bonds. The van der Waals surface area contributed by atoms with Gasteiger partial charge in [-0.25, -0.2) is 4.39 Å². The van der Waals surface area contributed by atoms with Crippen molar-refractivity contribution in [2.24, 2.45) is 5.41 Å². The van der Waals surface area contributed by atoms with Crippen LogP contribution >= 0.6 is 12.6 Å². The van der Waals surface area contributed by atoms with Crippen LogP contribution < -0.4 is 4.74 Å². The van der Waals surface area contributed by atoms with Gasteiger partial charge in [0.1, 0.15) is 11.6 Å². The first-order chi connectivity index (χ1) is 8.74. The molecule has 1 aromatic carbocycles. The number of hydrogen-bond acceptors (Lipinski definition) is 2. The summed E-state index contributed by atoms with van der Waals surface area (Å²) >= 11 is 4.51. The first-order valence-corrected chi connectivity index (χ1v) is 7.37. The number of hydrogen-bond donors (Lipinski definition) is 1. The molecule has 0 aliphatic heterocycles. The third-order valence-electron chi connectivity index (χ3n) is 3.84. The minimum absolute atomic E-state index is 0.173. The molecule has 0 radical (unpaired) electrons. The number of ether oxygens (including phenoxy) is 1. The van der Waals surface area contributed by atoms with E-state index < -0.39 is 0 Å². The maximum Gasteiger partial charge on any atom is 0.126 e. The maximum atomic E-state index is 13.1. The number of benzene rings is 1. The lowest BCUT2D eigenvalue weighted by molar-refractivity contribution is 0.148. The molecule has 0 unspecified atom stereocenters. The van der Waals surface area contributed by atoms with Crippen LogP contribution in [-0.2, 0) is 0 Å². The van der Waals surface area contributed by atoms with Crippen molar-refractivity contribution in [2.45, 2.75) is 38.5 Å². The molecule has 0 bridgehead atoms. The summed E-state index contributed by atoms with van der Waals surface area (Å²) in [6.45, 7) is 0.653. The average molecular weight is 268 g/mol. The Balaban J connectivity index is 1.97. The third-order valence-corrected chi connectivity index (χ3v) is 4.51. The van der Waals surface area contributed by atoms with Crippen molar-refractivity contribution in [3.8, 4) is 5.75 Å². The van der Waals surface area contributed by atoms with Crippen LogP contribution in [-0.4, -0.2) is 12.4 Å². The van der Waals surface area contributed by atoms with Crippen molar-refractivity contribution in [1.29, 1.82) is 0 Å². The standard InChI is InChI=1S/C15H21FOS/c16-13-6-5-7-14(10-13)17-11-15(12-18)8-3-1-2-4-9-15/h5-7,10,18H,1-4,8-9,11-12H2. The van der Waals surface area contributed by atoms with Gasteiger partial charge >= 0.3 is 0 Å². The van der Waals surface area contributed by atoms with Crippen molar-refractivity contribution in [3.63, 3.8) is 0 Å². The smallest absolute Gasteiger partial charge is 0.126 e. The van der Waals surface area contributed by atoms with E-state index in [2.05, 4.69) is 12.6 Å². The van der Waals surface area contributed by atoms with Gasteiger partial charge < -0.3 is 4.74 Å². The molecular formula is C15H21FOS. The van der Waals surface area contributed by atoms with E-state index in [4.69, 9.17) is 4.74 Å². The molecular weight excluding hydrogens is 247 g/mol. The fourth-order valence-electron chi connectivity index (χ4n) is 2.62. The third kappa shape index (κ3) is 3.64. The lowest BCUT2D eigenvalue weighted by Crippen LogP contribution is -2.30. The zero-order valence-electron chi connectivity index (χ0n) is 10.7. The van der Waals surface area contributed by atoms with Crippen LogP contribution in [0.5, 0.6) is 5.75 Å². The van der Waals surface area contributed by atoms with Crippen molar-refractivity contribution >= 4 is 12.6 Å². The van der Waals surface area contributed by atoms with E-state index in [1.54, 1.807) is 6.07 Å². The lowest BCUT2D eigenvalue weighted by atomic mass is 9.83. The normalized spacial score (nSPS) is 19.2. The van der Waals surface area contributed by atoms with Gasteiger partial charge in [-0.1, -0.05) is 31.7 Å². The second-order valence-corrected chi connectivity index (χ2v) is 5.63. The summed E-state index contributed by atoms with van der Waals surface area (Å²) in [5, 5.41) is 0. The molecule has 1 saturated carbocycles. The Morgan fingerprint density at radius 3 is 2.50 bits per heavy atom. The SMILES string of the molecule is Fc1cccc(OCC2(CS)CCCCCC2)c1. The molecule has 1 fully saturated rings. The van der Waals surface area contributed by atoms with Gasteiger partial charge in [0.25, 0.3) is 0 Å². The van der Waals surface area contributed by atoms with Gasteiger partial charge in [0.2, 0.25) is 0 Å². The summed E-state index contributed by atoms with van der Waals surface area (Å²) in [6.07, 6.45) is 7.49. The monoisotopic (exact) mass is 268 g/mol. The van der Waals surface area contributed by atoms with Crippen molar-refractivity contribution in [1.82, 2.24) is 0 Å². The van der Waals surface area contributed by atoms with Gasteiger partial charge in [-0.15, -0.1) is 0 Å². The van der Waals surface area contributed by atoms with Crippen LogP contribution in [0, 0.1) is 11.2 Å². The molecule has 1 nitrogen and oxygen atoms in total. The Hall–Kier alpha value is -0.700. The van der Waals surface area contributed by atoms with Crippen LogP contribution in [0.4, 0.5) is 4.39 Å². The molecule has 1 aliphatic carbocycles. The highest BCUT2D eigenvalue weighted by molar-refractivity contribution is 7.80. The highest BCUT2D eigenvalue weighted by Gasteiger charge is 2.30. The molecule has 0 N–H and O–H groups in total. The first kappa shape index (κ1) is 13.7. The van der Waals surface area contributed by atoms with E-state index >= 15 is 0 Å². The van der Waals surface area contributed by atoms with E-state index in [0.29, 0.717) is 12.4 Å². The summed E-state index contributed by atoms with van der Waals surface area (Å²) in [5.74, 6) is 1.23. The Bertz CT molecular complexity index is 373. The van der Waals surface area contributed by atoms with Crippen LogP contribution in [0.25, 0.3) is 0 Å². The largest absolute Gasteiger partial charge is 0.493 e. The topological polar surface area (TPSA) is 9.23 Å². The summed E-state index contributed by atoms with van der Waals surface area (Å²) < 4.78 is 18.9. The quantitative estimate of drug-likeness (QED) is 0.626. The Morgan fingerprint density at radius 1 is 1.17 bits per heavy atom. The van der Waals surface area contributed by atoms with Crippen LogP contribution in [0.1, 0.15) is 38.5 Å². The summed E-state index contributed by atoms with van der Waals surface area (Å²) in [6, 6.07) is 6.38. The molecule has 0 atom stereocenters. The van der Waals surface area contributed by atoms with Gasteiger partial charge in [-0.3, -0.25) is 0 Å². The summed E-state index contributed by atoms with van der Waals surface area (Å²) in [7, 11) is 0. The second-order valence-electron chi connectivity index (χ2n) is 5.32.